The molecule has 0 radical (unpaired) electrons. The lowest BCUT2D eigenvalue weighted by molar-refractivity contribution is 0.0398. The van der Waals surface area contributed by atoms with Crippen LogP contribution in [0.5, 0.6) is 0 Å². The second-order valence-electron chi connectivity index (χ2n) is 6.74. The fourth-order valence-electron chi connectivity index (χ4n) is 3.18. The van der Waals surface area contributed by atoms with Crippen LogP contribution in [0, 0.1) is 12.8 Å². The molecule has 0 spiro atoms. The summed E-state index contributed by atoms with van der Waals surface area (Å²) in [5.41, 5.74) is 1.03. The van der Waals surface area contributed by atoms with E-state index in [0.29, 0.717) is 0 Å². The summed E-state index contributed by atoms with van der Waals surface area (Å²) in [6.45, 7) is 12.2. The molecule has 0 saturated carbocycles. The minimum absolute atomic E-state index is 0.756. The molecule has 23 heavy (non-hydrogen) atoms. The third-order valence-electron chi connectivity index (χ3n) is 4.76. The molecule has 3 heterocycles. The van der Waals surface area contributed by atoms with Gasteiger partial charge in [-0.2, -0.15) is 4.98 Å². The number of ether oxygens (including phenoxy) is 1. The highest BCUT2D eigenvalue weighted by atomic mass is 16.5. The lowest BCUT2D eigenvalue weighted by Crippen LogP contribution is -2.39. The molecule has 0 unspecified atom stereocenters. The number of piperidine rings is 1. The van der Waals surface area contributed by atoms with Crippen molar-refractivity contribution < 1.29 is 4.74 Å². The van der Waals surface area contributed by atoms with Gasteiger partial charge in [0.25, 0.3) is 0 Å². The average Bonchev–Trinajstić information content (AvgIpc) is 2.56. The number of hydrogen-bond donors (Lipinski definition) is 1. The first-order valence-corrected chi connectivity index (χ1v) is 8.85. The number of morpholine rings is 1. The Bertz CT molecular complexity index is 496. The highest BCUT2D eigenvalue weighted by Crippen LogP contribution is 2.22. The Hall–Kier alpha value is -1.40. The largest absolute Gasteiger partial charge is 0.379 e. The summed E-state index contributed by atoms with van der Waals surface area (Å²) >= 11 is 0. The van der Waals surface area contributed by atoms with Gasteiger partial charge in [0.1, 0.15) is 5.82 Å². The Morgan fingerprint density at radius 3 is 2.65 bits per heavy atom. The number of aryl methyl sites for hydroxylation is 1. The molecular formula is C17H29N5O. The smallest absolute Gasteiger partial charge is 0.224 e. The van der Waals surface area contributed by atoms with E-state index in [0.717, 1.165) is 75.9 Å². The Morgan fingerprint density at radius 2 is 1.91 bits per heavy atom. The van der Waals surface area contributed by atoms with Crippen LogP contribution in [0.4, 0.5) is 11.8 Å². The maximum Gasteiger partial charge on any atom is 0.224 e. The van der Waals surface area contributed by atoms with Crippen LogP contribution in [0.2, 0.25) is 0 Å². The fourth-order valence-corrected chi connectivity index (χ4v) is 3.18. The molecule has 0 amide bonds. The second-order valence-corrected chi connectivity index (χ2v) is 6.74. The summed E-state index contributed by atoms with van der Waals surface area (Å²) in [6.07, 6.45) is 2.51. The summed E-state index contributed by atoms with van der Waals surface area (Å²) in [6, 6.07) is 2.10. The van der Waals surface area contributed by atoms with Crippen LogP contribution in [0.25, 0.3) is 0 Å². The molecule has 128 valence electrons. The van der Waals surface area contributed by atoms with E-state index in [1.165, 1.54) is 12.8 Å². The number of hydrogen-bond acceptors (Lipinski definition) is 6. The van der Waals surface area contributed by atoms with Crippen molar-refractivity contribution in [2.75, 3.05) is 62.7 Å². The van der Waals surface area contributed by atoms with Crippen LogP contribution >= 0.6 is 0 Å². The van der Waals surface area contributed by atoms with Crippen LogP contribution in [0.3, 0.4) is 0 Å². The maximum absolute atomic E-state index is 5.38. The maximum atomic E-state index is 5.38. The number of anilines is 2. The number of nitrogens with zero attached hydrogens (tertiary/aromatic N) is 4. The van der Waals surface area contributed by atoms with Gasteiger partial charge in [-0.1, -0.05) is 6.92 Å². The third-order valence-corrected chi connectivity index (χ3v) is 4.76. The zero-order chi connectivity index (χ0) is 16.1. The van der Waals surface area contributed by atoms with E-state index in [4.69, 9.17) is 9.72 Å². The average molecular weight is 319 g/mol. The van der Waals surface area contributed by atoms with Crippen LogP contribution < -0.4 is 10.2 Å². The van der Waals surface area contributed by atoms with E-state index < -0.39 is 0 Å². The Labute approximate surface area is 139 Å². The molecule has 6 heteroatoms. The van der Waals surface area contributed by atoms with E-state index in [2.05, 4.69) is 33.1 Å². The Morgan fingerprint density at radius 1 is 1.17 bits per heavy atom. The topological polar surface area (TPSA) is 53.5 Å². The van der Waals surface area contributed by atoms with E-state index in [1.807, 2.05) is 6.92 Å². The molecule has 1 aromatic rings. The summed E-state index contributed by atoms with van der Waals surface area (Å²) < 4.78 is 5.38. The first-order valence-electron chi connectivity index (χ1n) is 8.85. The summed E-state index contributed by atoms with van der Waals surface area (Å²) in [5.74, 6) is 2.66. The molecule has 2 aliphatic rings. The standard InChI is InChI=1S/C17H29N5O/c1-14-3-6-22(7-4-14)16-13-15(2)19-17(20-16)18-5-8-21-9-11-23-12-10-21/h13-14H,3-12H2,1-2H3,(H,18,19,20). The minimum Gasteiger partial charge on any atom is -0.379 e. The summed E-state index contributed by atoms with van der Waals surface area (Å²) in [4.78, 5) is 14.1. The van der Waals surface area contributed by atoms with Gasteiger partial charge in [0.2, 0.25) is 5.95 Å². The molecule has 0 bridgehead atoms. The highest BCUT2D eigenvalue weighted by molar-refractivity contribution is 5.45. The van der Waals surface area contributed by atoms with Gasteiger partial charge in [0.15, 0.2) is 0 Å². The van der Waals surface area contributed by atoms with E-state index in [-0.39, 0.29) is 0 Å². The molecule has 1 N–H and O–H groups in total. The van der Waals surface area contributed by atoms with E-state index >= 15 is 0 Å². The van der Waals surface area contributed by atoms with Gasteiger partial charge in [0, 0.05) is 51.0 Å². The number of aromatic nitrogens is 2. The summed E-state index contributed by atoms with van der Waals surface area (Å²) in [5, 5.41) is 3.39. The van der Waals surface area contributed by atoms with Crippen molar-refractivity contribution >= 4 is 11.8 Å². The van der Waals surface area contributed by atoms with Crippen LogP contribution in [0.1, 0.15) is 25.5 Å². The van der Waals surface area contributed by atoms with Crippen molar-refractivity contribution in [2.45, 2.75) is 26.7 Å². The van der Waals surface area contributed by atoms with Gasteiger partial charge in [-0.05, 0) is 25.7 Å². The molecule has 0 aromatic carbocycles. The predicted molar refractivity (Wildman–Crippen MR) is 93.1 cm³/mol. The zero-order valence-corrected chi connectivity index (χ0v) is 14.4. The van der Waals surface area contributed by atoms with Crippen LogP contribution in [-0.4, -0.2) is 67.4 Å². The molecule has 2 saturated heterocycles. The van der Waals surface area contributed by atoms with Crippen molar-refractivity contribution in [1.29, 1.82) is 0 Å². The first-order chi connectivity index (χ1) is 11.2. The van der Waals surface area contributed by atoms with Crippen LogP contribution in [-0.2, 0) is 4.74 Å². The monoisotopic (exact) mass is 319 g/mol. The van der Waals surface area contributed by atoms with Gasteiger partial charge in [-0.3, -0.25) is 4.90 Å². The summed E-state index contributed by atoms with van der Waals surface area (Å²) in [7, 11) is 0. The third kappa shape index (κ3) is 4.78. The molecule has 3 rings (SSSR count). The van der Waals surface area contributed by atoms with Gasteiger partial charge in [-0.25, -0.2) is 4.98 Å². The van der Waals surface area contributed by atoms with Gasteiger partial charge < -0.3 is 15.0 Å². The Kier molecular flexibility index (Phi) is 5.67. The molecule has 0 atom stereocenters. The van der Waals surface area contributed by atoms with Gasteiger partial charge in [-0.15, -0.1) is 0 Å². The quantitative estimate of drug-likeness (QED) is 0.893. The highest BCUT2D eigenvalue weighted by Gasteiger charge is 2.18. The normalized spacial score (nSPS) is 20.7. The van der Waals surface area contributed by atoms with Crippen molar-refractivity contribution in [3.05, 3.63) is 11.8 Å². The lowest BCUT2D eigenvalue weighted by Gasteiger charge is -2.31. The zero-order valence-electron chi connectivity index (χ0n) is 14.4. The fraction of sp³-hybridized carbons (Fsp3) is 0.765. The SMILES string of the molecule is Cc1cc(N2CCC(C)CC2)nc(NCCN2CCOCC2)n1. The van der Waals surface area contributed by atoms with Crippen LogP contribution in [0.15, 0.2) is 6.07 Å². The van der Waals surface area contributed by atoms with E-state index in [9.17, 15) is 0 Å². The lowest BCUT2D eigenvalue weighted by atomic mass is 9.99. The molecule has 6 nitrogen and oxygen atoms in total. The van der Waals surface area contributed by atoms with Crippen molar-refractivity contribution in [1.82, 2.24) is 14.9 Å². The van der Waals surface area contributed by atoms with Gasteiger partial charge >= 0.3 is 0 Å². The second kappa shape index (κ2) is 7.93. The van der Waals surface area contributed by atoms with Gasteiger partial charge in [0.05, 0.1) is 13.2 Å². The Balaban J connectivity index is 1.54. The van der Waals surface area contributed by atoms with E-state index in [1.54, 1.807) is 0 Å². The number of rotatable bonds is 5. The first kappa shape index (κ1) is 16.5. The van der Waals surface area contributed by atoms with Crippen molar-refractivity contribution in [3.8, 4) is 0 Å². The molecule has 1 aromatic heterocycles. The number of nitrogens with one attached hydrogen (secondary N) is 1. The molecule has 2 aliphatic heterocycles. The van der Waals surface area contributed by atoms with Crippen molar-refractivity contribution in [2.24, 2.45) is 5.92 Å². The predicted octanol–water partition coefficient (Wildman–Crippen LogP) is 1.77. The minimum atomic E-state index is 0.756. The van der Waals surface area contributed by atoms with Crippen molar-refractivity contribution in [3.63, 3.8) is 0 Å². The molecule has 2 fully saturated rings. The molecular weight excluding hydrogens is 290 g/mol. The molecule has 0 aliphatic carbocycles.